The molecule has 2 unspecified atom stereocenters. The molecule has 2 aromatic rings. The Labute approximate surface area is 315 Å². The van der Waals surface area contributed by atoms with Gasteiger partial charge in [0.25, 0.3) is 0 Å². The van der Waals surface area contributed by atoms with Crippen LogP contribution in [0, 0.1) is 11.3 Å². The lowest BCUT2D eigenvalue weighted by Gasteiger charge is -2.41. The van der Waals surface area contributed by atoms with Crippen molar-refractivity contribution in [1.29, 1.82) is 0 Å². The van der Waals surface area contributed by atoms with Crippen LogP contribution in [0.2, 0.25) is 10.0 Å². The van der Waals surface area contributed by atoms with Gasteiger partial charge in [0.05, 0.1) is 36.9 Å². The largest absolute Gasteiger partial charge is 0.468 e. The smallest absolute Gasteiger partial charge is 0.336 e. The molecule has 6 rings (SSSR count). The number of aryl methyl sites for hydroxylation is 1. The summed E-state index contributed by atoms with van der Waals surface area (Å²) in [6.45, 7) is 4.91. The number of ether oxygens (including phenoxy) is 2. The molecule has 1 aromatic carbocycles. The summed E-state index contributed by atoms with van der Waals surface area (Å²) in [5.41, 5.74) is 1.51. The number of methoxy groups -OCH3 is 2. The van der Waals surface area contributed by atoms with Crippen LogP contribution in [0.4, 0.5) is 0 Å². The first-order valence-corrected chi connectivity index (χ1v) is 19.9. The Hall–Kier alpha value is -2.83. The third-order valence-electron chi connectivity index (χ3n) is 11.2. The minimum atomic E-state index is -1.02. The average molecular weight is 759 g/mol. The van der Waals surface area contributed by atoms with Crippen molar-refractivity contribution in [2.75, 3.05) is 53.5 Å². The SMILES string of the molecule is COC(=O)C1=C(CC(=O)N2CCN(CC3(CNC4CCCC4)CCCC3)CC2)N=C(CCc2nccs2)C(C(=O)OC)C1c1c(Cl)cccc1Cl. The minimum absolute atomic E-state index is 0.0887. The molecule has 1 aromatic heterocycles. The first kappa shape index (κ1) is 37.9. The van der Waals surface area contributed by atoms with Crippen molar-refractivity contribution in [3.63, 3.8) is 0 Å². The number of carbonyl (C=O) groups excluding carboxylic acids is 3. The van der Waals surface area contributed by atoms with E-state index in [-0.39, 0.29) is 33.6 Å². The first-order valence-electron chi connectivity index (χ1n) is 18.2. The summed E-state index contributed by atoms with van der Waals surface area (Å²) in [7, 11) is 2.57. The van der Waals surface area contributed by atoms with Gasteiger partial charge in [-0.15, -0.1) is 11.3 Å². The van der Waals surface area contributed by atoms with E-state index in [4.69, 9.17) is 37.7 Å². The van der Waals surface area contributed by atoms with Crippen molar-refractivity contribution >= 4 is 58.1 Å². The van der Waals surface area contributed by atoms with E-state index >= 15 is 0 Å². The van der Waals surface area contributed by atoms with Crippen LogP contribution >= 0.6 is 34.5 Å². The van der Waals surface area contributed by atoms with Crippen molar-refractivity contribution < 1.29 is 23.9 Å². The molecular formula is C38H49Cl2N5O5S. The number of rotatable bonds is 13. The molecule has 0 bridgehead atoms. The van der Waals surface area contributed by atoms with Crippen LogP contribution in [0.25, 0.3) is 0 Å². The predicted octanol–water partition coefficient (Wildman–Crippen LogP) is 6.46. The summed E-state index contributed by atoms with van der Waals surface area (Å²) in [5, 5.41) is 7.24. The van der Waals surface area contributed by atoms with Gasteiger partial charge in [-0.05, 0) is 55.2 Å². The van der Waals surface area contributed by atoms with Crippen molar-refractivity contribution in [1.82, 2.24) is 20.1 Å². The molecular weight excluding hydrogens is 709 g/mol. The lowest BCUT2D eigenvalue weighted by atomic mass is 9.74. The van der Waals surface area contributed by atoms with Crippen LogP contribution in [-0.4, -0.2) is 97.9 Å². The number of nitrogens with zero attached hydrogens (tertiary/aromatic N) is 4. The number of aromatic nitrogens is 1. The molecule has 0 spiro atoms. The number of hydrogen-bond acceptors (Lipinski definition) is 10. The number of thiazole rings is 1. The molecule has 13 heteroatoms. The Morgan fingerprint density at radius 2 is 1.69 bits per heavy atom. The monoisotopic (exact) mass is 757 g/mol. The summed E-state index contributed by atoms with van der Waals surface area (Å²) >= 11 is 15.0. The summed E-state index contributed by atoms with van der Waals surface area (Å²) in [6, 6.07) is 5.69. The molecule has 1 amide bonds. The quantitative estimate of drug-likeness (QED) is 0.232. The zero-order valence-corrected chi connectivity index (χ0v) is 32.0. The predicted molar refractivity (Wildman–Crippen MR) is 200 cm³/mol. The highest BCUT2D eigenvalue weighted by Gasteiger charge is 2.46. The molecule has 4 aliphatic rings. The average Bonchev–Trinajstić information content (AvgIpc) is 3.94. The number of esters is 2. The maximum atomic E-state index is 14.1. The summed E-state index contributed by atoms with van der Waals surface area (Å²) < 4.78 is 10.6. The normalized spacial score (nSPS) is 22.7. The topological polar surface area (TPSA) is 113 Å². The van der Waals surface area contributed by atoms with Gasteiger partial charge in [0.1, 0.15) is 5.92 Å². The molecule has 3 fully saturated rings. The molecule has 2 aliphatic carbocycles. The van der Waals surface area contributed by atoms with Gasteiger partial charge in [-0.25, -0.2) is 9.78 Å². The van der Waals surface area contributed by atoms with Crippen molar-refractivity contribution in [2.45, 2.75) is 82.6 Å². The van der Waals surface area contributed by atoms with E-state index in [1.807, 2.05) is 10.3 Å². The highest BCUT2D eigenvalue weighted by Crippen LogP contribution is 2.47. The number of halogens is 2. The third-order valence-corrected chi connectivity index (χ3v) is 12.7. The van der Waals surface area contributed by atoms with Crippen LogP contribution in [0.3, 0.4) is 0 Å². The fourth-order valence-corrected chi connectivity index (χ4v) is 9.82. The highest BCUT2D eigenvalue weighted by molar-refractivity contribution is 7.09. The third kappa shape index (κ3) is 8.87. The standard InChI is InChI=1S/C38H49Cl2N5O5S/c1-49-36(47)33-28(12-13-30-41-16-21-51-30)43-29(34(37(48)50-2)35(33)32-26(39)10-7-11-27(32)40)22-31(46)45-19-17-44(18-20-45)24-38(14-5-6-15-38)23-42-25-8-3-4-9-25/h7,10-11,16,21,25,33,35,42H,3-6,8-9,12-15,17-20,22-24H2,1-2H3. The second-order valence-electron chi connectivity index (χ2n) is 14.4. The van der Waals surface area contributed by atoms with Crippen molar-refractivity contribution in [3.8, 4) is 0 Å². The van der Waals surface area contributed by atoms with E-state index in [2.05, 4.69) is 15.2 Å². The molecule has 276 valence electrons. The Balaban J connectivity index is 1.24. The summed E-state index contributed by atoms with van der Waals surface area (Å²) in [5.74, 6) is -3.42. The van der Waals surface area contributed by atoms with Crippen LogP contribution < -0.4 is 5.32 Å². The second-order valence-corrected chi connectivity index (χ2v) is 16.2. The zero-order valence-electron chi connectivity index (χ0n) is 29.6. The van der Waals surface area contributed by atoms with E-state index in [0.717, 1.165) is 31.2 Å². The Morgan fingerprint density at radius 3 is 2.31 bits per heavy atom. The number of carbonyl (C=O) groups is 3. The van der Waals surface area contributed by atoms with Gasteiger partial charge < -0.3 is 19.7 Å². The molecule has 0 radical (unpaired) electrons. The maximum Gasteiger partial charge on any atom is 0.336 e. The number of benzene rings is 1. The lowest BCUT2D eigenvalue weighted by molar-refractivity contribution is -0.143. The molecule has 3 heterocycles. The molecule has 10 nitrogen and oxygen atoms in total. The Morgan fingerprint density at radius 1 is 0.980 bits per heavy atom. The van der Waals surface area contributed by atoms with E-state index in [9.17, 15) is 14.4 Å². The van der Waals surface area contributed by atoms with Gasteiger partial charge in [0.15, 0.2) is 0 Å². The van der Waals surface area contributed by atoms with E-state index in [1.54, 1.807) is 24.4 Å². The summed E-state index contributed by atoms with van der Waals surface area (Å²) in [6.07, 6.45) is 12.8. The lowest BCUT2D eigenvalue weighted by Crippen LogP contribution is -2.53. The molecule has 2 saturated carbocycles. The molecule has 2 aliphatic heterocycles. The van der Waals surface area contributed by atoms with Gasteiger partial charge in [-0.2, -0.15) is 0 Å². The molecule has 1 N–H and O–H groups in total. The zero-order chi connectivity index (χ0) is 36.0. The summed E-state index contributed by atoms with van der Waals surface area (Å²) in [4.78, 5) is 55.1. The second kappa shape index (κ2) is 17.3. The van der Waals surface area contributed by atoms with Crippen LogP contribution in [0.5, 0.6) is 0 Å². The number of aliphatic imine (C=N–C) groups is 1. The van der Waals surface area contributed by atoms with E-state index < -0.39 is 23.8 Å². The highest BCUT2D eigenvalue weighted by atomic mass is 35.5. The van der Waals surface area contributed by atoms with Gasteiger partial charge in [0, 0.05) is 85.0 Å². The first-order chi connectivity index (χ1) is 24.7. The Bertz CT molecular complexity index is 1590. The number of piperazine rings is 1. The van der Waals surface area contributed by atoms with Gasteiger partial charge >= 0.3 is 11.9 Å². The fraction of sp³-hybridized carbons (Fsp3) is 0.605. The number of nitrogens with one attached hydrogen (secondary N) is 1. The van der Waals surface area contributed by atoms with Crippen LogP contribution in [0.1, 0.15) is 80.7 Å². The fourth-order valence-electron chi connectivity index (χ4n) is 8.56. The number of amides is 1. The Kier molecular flexibility index (Phi) is 12.9. The minimum Gasteiger partial charge on any atom is -0.468 e. The van der Waals surface area contributed by atoms with Gasteiger partial charge in [-0.1, -0.05) is 55.0 Å². The molecule has 51 heavy (non-hydrogen) atoms. The van der Waals surface area contributed by atoms with E-state index in [1.165, 1.54) is 76.9 Å². The van der Waals surface area contributed by atoms with Crippen molar-refractivity contribution in [3.05, 3.63) is 61.7 Å². The van der Waals surface area contributed by atoms with Gasteiger partial charge in [-0.3, -0.25) is 19.5 Å². The van der Waals surface area contributed by atoms with Crippen LogP contribution in [-0.2, 0) is 30.3 Å². The molecule has 2 atom stereocenters. The van der Waals surface area contributed by atoms with Crippen LogP contribution in [0.15, 0.2) is 46.0 Å². The molecule has 1 saturated heterocycles. The number of hydrogen-bond donors (Lipinski definition) is 1. The van der Waals surface area contributed by atoms with E-state index in [0.29, 0.717) is 48.7 Å². The van der Waals surface area contributed by atoms with Gasteiger partial charge in [0.2, 0.25) is 5.91 Å². The van der Waals surface area contributed by atoms with Crippen molar-refractivity contribution in [2.24, 2.45) is 16.3 Å². The maximum absolute atomic E-state index is 14.1.